The first-order valence-electron chi connectivity index (χ1n) is 6.95. The predicted molar refractivity (Wildman–Crippen MR) is 82.7 cm³/mol. The van der Waals surface area contributed by atoms with Gasteiger partial charge < -0.3 is 9.64 Å². The van der Waals surface area contributed by atoms with Gasteiger partial charge >= 0.3 is 0 Å². The second kappa shape index (κ2) is 6.03. The molecular formula is C14H20N4OS. The van der Waals surface area contributed by atoms with Crippen LogP contribution in [0.5, 0.6) is 0 Å². The van der Waals surface area contributed by atoms with Crippen molar-refractivity contribution in [2.24, 2.45) is 0 Å². The maximum Gasteiger partial charge on any atom is 0.140 e. The Kier molecular flexibility index (Phi) is 4.14. The Morgan fingerprint density at radius 3 is 2.80 bits per heavy atom. The van der Waals surface area contributed by atoms with Crippen molar-refractivity contribution >= 4 is 27.4 Å². The van der Waals surface area contributed by atoms with Crippen LogP contribution in [0.1, 0.15) is 4.88 Å². The smallest absolute Gasteiger partial charge is 0.140 e. The first-order valence-corrected chi connectivity index (χ1v) is 7.77. The van der Waals surface area contributed by atoms with Crippen molar-refractivity contribution < 1.29 is 4.74 Å². The van der Waals surface area contributed by atoms with Gasteiger partial charge in [-0.05, 0) is 13.0 Å². The lowest BCUT2D eigenvalue weighted by molar-refractivity contribution is 0.144. The topological polar surface area (TPSA) is 41.5 Å². The molecular weight excluding hydrogens is 272 g/mol. The molecule has 2 aromatic rings. The van der Waals surface area contributed by atoms with E-state index < -0.39 is 0 Å². The fourth-order valence-electron chi connectivity index (χ4n) is 2.62. The van der Waals surface area contributed by atoms with Crippen LogP contribution < -0.4 is 4.90 Å². The van der Waals surface area contributed by atoms with Crippen LogP contribution in [-0.4, -0.2) is 61.3 Å². The Labute approximate surface area is 123 Å². The lowest BCUT2D eigenvalue weighted by atomic mass is 10.2. The van der Waals surface area contributed by atoms with E-state index in [-0.39, 0.29) is 0 Å². The fraction of sp³-hybridized carbons (Fsp3) is 0.571. The summed E-state index contributed by atoms with van der Waals surface area (Å²) in [6.45, 7) is 8.12. The summed E-state index contributed by atoms with van der Waals surface area (Å²) in [6.07, 6.45) is 1.69. The number of methoxy groups -OCH3 is 1. The van der Waals surface area contributed by atoms with Crippen LogP contribution in [0.4, 0.5) is 5.82 Å². The Balaban J connectivity index is 1.73. The highest BCUT2D eigenvalue weighted by atomic mass is 32.1. The number of fused-ring (bicyclic) bond motifs is 1. The number of thiophene rings is 1. The van der Waals surface area contributed by atoms with E-state index in [1.807, 2.05) is 0 Å². The summed E-state index contributed by atoms with van der Waals surface area (Å²) in [6, 6.07) is 2.20. The number of hydrogen-bond donors (Lipinski definition) is 0. The summed E-state index contributed by atoms with van der Waals surface area (Å²) in [5, 5.41) is 1.19. The highest BCUT2D eigenvalue weighted by Gasteiger charge is 2.20. The Morgan fingerprint density at radius 2 is 2.05 bits per heavy atom. The second-order valence-electron chi connectivity index (χ2n) is 5.09. The van der Waals surface area contributed by atoms with Crippen molar-refractivity contribution in [3.05, 3.63) is 17.3 Å². The highest BCUT2D eigenvalue weighted by Crippen LogP contribution is 2.30. The number of aryl methyl sites for hydroxylation is 1. The van der Waals surface area contributed by atoms with Crippen LogP contribution in [0.2, 0.25) is 0 Å². The first-order chi connectivity index (χ1) is 9.78. The van der Waals surface area contributed by atoms with Gasteiger partial charge in [-0.15, -0.1) is 11.3 Å². The molecule has 3 rings (SSSR count). The molecule has 0 bridgehead atoms. The van der Waals surface area contributed by atoms with Crippen molar-refractivity contribution in [2.45, 2.75) is 6.92 Å². The largest absolute Gasteiger partial charge is 0.383 e. The molecule has 0 N–H and O–H groups in total. The second-order valence-corrected chi connectivity index (χ2v) is 6.33. The highest BCUT2D eigenvalue weighted by molar-refractivity contribution is 7.18. The minimum absolute atomic E-state index is 0.807. The molecule has 0 spiro atoms. The van der Waals surface area contributed by atoms with Gasteiger partial charge in [-0.2, -0.15) is 0 Å². The van der Waals surface area contributed by atoms with Gasteiger partial charge in [0.15, 0.2) is 0 Å². The number of rotatable bonds is 4. The summed E-state index contributed by atoms with van der Waals surface area (Å²) >= 11 is 1.74. The van der Waals surface area contributed by atoms with Gasteiger partial charge in [0.25, 0.3) is 0 Å². The SMILES string of the molecule is COCCN1CCN(c2ncnc3sc(C)cc23)CC1. The minimum atomic E-state index is 0.807. The zero-order chi connectivity index (χ0) is 13.9. The first kappa shape index (κ1) is 13.7. The molecule has 0 radical (unpaired) electrons. The quantitative estimate of drug-likeness (QED) is 0.859. The monoisotopic (exact) mass is 292 g/mol. The molecule has 1 saturated heterocycles. The molecule has 0 aliphatic carbocycles. The van der Waals surface area contributed by atoms with Crippen LogP contribution in [-0.2, 0) is 4.74 Å². The van der Waals surface area contributed by atoms with Crippen molar-refractivity contribution in [1.29, 1.82) is 0 Å². The lowest BCUT2D eigenvalue weighted by Gasteiger charge is -2.35. The summed E-state index contributed by atoms with van der Waals surface area (Å²) in [5.74, 6) is 1.09. The molecule has 0 unspecified atom stereocenters. The number of piperazine rings is 1. The van der Waals surface area contributed by atoms with Crippen molar-refractivity contribution in [3.63, 3.8) is 0 Å². The maximum atomic E-state index is 5.14. The third-order valence-corrected chi connectivity index (χ3v) is 4.67. The molecule has 0 amide bonds. The van der Waals surface area contributed by atoms with Crippen LogP contribution in [0, 0.1) is 6.92 Å². The number of nitrogens with zero attached hydrogens (tertiary/aromatic N) is 4. The van der Waals surface area contributed by atoms with Gasteiger partial charge in [-0.1, -0.05) is 0 Å². The van der Waals surface area contributed by atoms with Crippen molar-refractivity contribution in [2.75, 3.05) is 51.3 Å². The number of ether oxygens (including phenoxy) is 1. The Hall–Kier alpha value is -1.24. The number of hydrogen-bond acceptors (Lipinski definition) is 6. The van der Waals surface area contributed by atoms with Crippen LogP contribution in [0.15, 0.2) is 12.4 Å². The number of aromatic nitrogens is 2. The molecule has 20 heavy (non-hydrogen) atoms. The van der Waals surface area contributed by atoms with E-state index in [0.29, 0.717) is 0 Å². The van der Waals surface area contributed by atoms with Gasteiger partial charge in [0.2, 0.25) is 0 Å². The van der Waals surface area contributed by atoms with Gasteiger partial charge in [-0.25, -0.2) is 9.97 Å². The van der Waals surface area contributed by atoms with E-state index in [0.717, 1.165) is 50.0 Å². The predicted octanol–water partition coefficient (Wildman–Crippen LogP) is 1.77. The van der Waals surface area contributed by atoms with Gasteiger partial charge in [-0.3, -0.25) is 4.90 Å². The average molecular weight is 292 g/mol. The van der Waals surface area contributed by atoms with Gasteiger partial charge in [0, 0.05) is 44.7 Å². The number of anilines is 1. The van der Waals surface area contributed by atoms with Crippen molar-refractivity contribution in [3.8, 4) is 0 Å². The summed E-state index contributed by atoms with van der Waals surface area (Å²) in [7, 11) is 1.76. The fourth-order valence-corrected chi connectivity index (χ4v) is 3.46. The minimum Gasteiger partial charge on any atom is -0.383 e. The molecule has 1 fully saturated rings. The van der Waals surface area contributed by atoms with Crippen LogP contribution in [0.25, 0.3) is 10.2 Å². The summed E-state index contributed by atoms with van der Waals surface area (Å²) in [4.78, 5) is 16.1. The Bertz CT molecular complexity index is 578. The van der Waals surface area contributed by atoms with Crippen molar-refractivity contribution in [1.82, 2.24) is 14.9 Å². The molecule has 0 atom stereocenters. The lowest BCUT2D eigenvalue weighted by Crippen LogP contribution is -2.47. The van der Waals surface area contributed by atoms with E-state index in [2.05, 4.69) is 32.8 Å². The Morgan fingerprint density at radius 1 is 1.25 bits per heavy atom. The van der Waals surface area contributed by atoms with Crippen LogP contribution in [0.3, 0.4) is 0 Å². The van der Waals surface area contributed by atoms with E-state index in [1.165, 1.54) is 10.3 Å². The van der Waals surface area contributed by atoms with E-state index >= 15 is 0 Å². The molecule has 6 heteroatoms. The van der Waals surface area contributed by atoms with E-state index in [4.69, 9.17) is 4.74 Å². The normalized spacial score (nSPS) is 17.0. The maximum absolute atomic E-state index is 5.14. The molecule has 108 valence electrons. The zero-order valence-corrected chi connectivity index (χ0v) is 12.8. The molecule has 5 nitrogen and oxygen atoms in total. The zero-order valence-electron chi connectivity index (χ0n) is 12.0. The third-order valence-electron chi connectivity index (χ3n) is 3.72. The van der Waals surface area contributed by atoms with Gasteiger partial charge in [0.1, 0.15) is 17.0 Å². The molecule has 1 aliphatic rings. The van der Waals surface area contributed by atoms with Crippen LogP contribution >= 0.6 is 11.3 Å². The third kappa shape index (κ3) is 2.77. The molecule has 1 aliphatic heterocycles. The molecule has 0 saturated carbocycles. The molecule has 3 heterocycles. The standard InChI is InChI=1S/C14H20N4OS/c1-11-9-12-13(15-10-16-14(12)20-11)18-5-3-17(4-6-18)7-8-19-2/h9-10H,3-8H2,1-2H3. The molecule has 0 aromatic carbocycles. The van der Waals surface area contributed by atoms with E-state index in [1.54, 1.807) is 24.8 Å². The van der Waals surface area contributed by atoms with E-state index in [9.17, 15) is 0 Å². The summed E-state index contributed by atoms with van der Waals surface area (Å²) in [5.41, 5.74) is 0. The summed E-state index contributed by atoms with van der Waals surface area (Å²) < 4.78 is 5.14. The molecule has 2 aromatic heterocycles. The van der Waals surface area contributed by atoms with Gasteiger partial charge in [0.05, 0.1) is 12.0 Å². The average Bonchev–Trinajstić information content (AvgIpc) is 2.85.